The van der Waals surface area contributed by atoms with Gasteiger partial charge < -0.3 is 10.6 Å². The van der Waals surface area contributed by atoms with E-state index in [1.807, 2.05) is 0 Å². The van der Waals surface area contributed by atoms with Gasteiger partial charge in [0.1, 0.15) is 0 Å². The molecule has 1 amide bonds. The van der Waals surface area contributed by atoms with Gasteiger partial charge in [-0.25, -0.2) is 0 Å². The van der Waals surface area contributed by atoms with Gasteiger partial charge in [-0.3, -0.25) is 4.79 Å². The average Bonchev–Trinajstić information content (AvgIpc) is 2.70. The van der Waals surface area contributed by atoms with Gasteiger partial charge >= 0.3 is 0 Å². The summed E-state index contributed by atoms with van der Waals surface area (Å²) in [5.41, 5.74) is 0.189. The van der Waals surface area contributed by atoms with Crippen molar-refractivity contribution in [2.24, 2.45) is 17.3 Å². The van der Waals surface area contributed by atoms with Crippen molar-refractivity contribution in [3.63, 3.8) is 0 Å². The molecule has 0 aromatic rings. The van der Waals surface area contributed by atoms with Crippen LogP contribution in [0.4, 0.5) is 0 Å². The zero-order valence-electron chi connectivity index (χ0n) is 12.1. The van der Waals surface area contributed by atoms with E-state index in [4.69, 9.17) is 0 Å². The van der Waals surface area contributed by atoms with Crippen molar-refractivity contribution in [2.75, 3.05) is 13.1 Å². The molecule has 1 aliphatic carbocycles. The summed E-state index contributed by atoms with van der Waals surface area (Å²) in [4.78, 5) is 12.4. The Balaban J connectivity index is 1.86. The van der Waals surface area contributed by atoms with E-state index in [0.29, 0.717) is 12.0 Å². The van der Waals surface area contributed by atoms with E-state index >= 15 is 0 Å². The molecule has 1 saturated carbocycles. The van der Waals surface area contributed by atoms with Gasteiger partial charge in [-0.1, -0.05) is 20.3 Å². The lowest BCUT2D eigenvalue weighted by molar-refractivity contribution is -0.128. The summed E-state index contributed by atoms with van der Waals surface area (Å²) in [5, 5.41) is 6.69. The maximum absolute atomic E-state index is 12.4. The number of hydrogen-bond donors (Lipinski definition) is 2. The maximum Gasteiger partial charge on any atom is 0.223 e. The molecule has 2 fully saturated rings. The fourth-order valence-electron chi connectivity index (χ4n) is 3.56. The zero-order valence-corrected chi connectivity index (χ0v) is 12.1. The molecule has 2 rings (SSSR count). The van der Waals surface area contributed by atoms with Crippen LogP contribution in [0.25, 0.3) is 0 Å². The van der Waals surface area contributed by atoms with Gasteiger partial charge in [0, 0.05) is 12.0 Å². The molecule has 3 heteroatoms. The Hall–Kier alpha value is -0.570. The van der Waals surface area contributed by atoms with Crippen molar-refractivity contribution in [3.05, 3.63) is 0 Å². The lowest BCUT2D eigenvalue weighted by atomic mass is 9.81. The summed E-state index contributed by atoms with van der Waals surface area (Å²) < 4.78 is 0. The van der Waals surface area contributed by atoms with E-state index in [1.165, 1.54) is 25.7 Å². The van der Waals surface area contributed by atoms with Crippen molar-refractivity contribution in [2.45, 2.75) is 58.9 Å². The summed E-state index contributed by atoms with van der Waals surface area (Å²) in [6.45, 7) is 8.81. The van der Waals surface area contributed by atoms with Crippen LogP contribution in [0.2, 0.25) is 0 Å². The molecule has 0 radical (unpaired) electrons. The first-order chi connectivity index (χ1) is 8.50. The van der Waals surface area contributed by atoms with E-state index in [0.717, 1.165) is 19.5 Å². The molecule has 1 heterocycles. The van der Waals surface area contributed by atoms with Crippen molar-refractivity contribution in [1.82, 2.24) is 10.6 Å². The molecule has 2 N–H and O–H groups in total. The van der Waals surface area contributed by atoms with Crippen LogP contribution in [0.15, 0.2) is 0 Å². The van der Waals surface area contributed by atoms with Gasteiger partial charge in [0.2, 0.25) is 5.91 Å². The van der Waals surface area contributed by atoms with Crippen LogP contribution in [-0.4, -0.2) is 25.0 Å². The first-order valence-corrected chi connectivity index (χ1v) is 7.52. The smallest absolute Gasteiger partial charge is 0.223 e. The summed E-state index contributed by atoms with van der Waals surface area (Å²) in [5.74, 6) is 1.11. The lowest BCUT2D eigenvalue weighted by Gasteiger charge is -2.32. The zero-order chi connectivity index (χ0) is 13.2. The Morgan fingerprint density at radius 3 is 2.67 bits per heavy atom. The SMILES string of the molecule is CC(NC(=O)C1CCCC1(C)C)C1CCCNC1. The Labute approximate surface area is 111 Å². The minimum absolute atomic E-state index is 0.189. The Kier molecular flexibility index (Phi) is 4.31. The number of nitrogens with one attached hydrogen (secondary N) is 2. The largest absolute Gasteiger partial charge is 0.353 e. The van der Waals surface area contributed by atoms with Crippen molar-refractivity contribution in [1.29, 1.82) is 0 Å². The van der Waals surface area contributed by atoms with Gasteiger partial charge in [0.15, 0.2) is 0 Å². The molecule has 0 aromatic heterocycles. The van der Waals surface area contributed by atoms with Crippen molar-refractivity contribution >= 4 is 5.91 Å². The highest BCUT2D eigenvalue weighted by Gasteiger charge is 2.39. The van der Waals surface area contributed by atoms with Crippen LogP contribution in [0.5, 0.6) is 0 Å². The molecular weight excluding hydrogens is 224 g/mol. The van der Waals surface area contributed by atoms with Crippen LogP contribution in [0.1, 0.15) is 52.9 Å². The topological polar surface area (TPSA) is 41.1 Å². The average molecular weight is 252 g/mol. The Morgan fingerprint density at radius 2 is 2.11 bits per heavy atom. The maximum atomic E-state index is 12.4. The van der Waals surface area contributed by atoms with Gasteiger partial charge in [-0.2, -0.15) is 0 Å². The fourth-order valence-corrected chi connectivity index (χ4v) is 3.56. The number of carbonyl (C=O) groups is 1. The Morgan fingerprint density at radius 1 is 1.33 bits per heavy atom. The highest BCUT2D eigenvalue weighted by Crippen LogP contribution is 2.42. The van der Waals surface area contributed by atoms with Gasteiger partial charge in [0.05, 0.1) is 0 Å². The second-order valence-corrected chi connectivity index (χ2v) is 6.84. The molecule has 18 heavy (non-hydrogen) atoms. The fraction of sp³-hybridized carbons (Fsp3) is 0.933. The number of amides is 1. The van der Waals surface area contributed by atoms with Crippen molar-refractivity contribution < 1.29 is 4.79 Å². The highest BCUT2D eigenvalue weighted by atomic mass is 16.2. The highest BCUT2D eigenvalue weighted by molar-refractivity contribution is 5.80. The third kappa shape index (κ3) is 3.05. The molecule has 3 atom stereocenters. The first kappa shape index (κ1) is 13.9. The minimum atomic E-state index is 0.189. The summed E-state index contributed by atoms with van der Waals surface area (Å²) in [6, 6.07) is 0.307. The number of hydrogen-bond acceptors (Lipinski definition) is 2. The standard InChI is InChI=1S/C15H28N2O/c1-11(12-6-5-9-16-10-12)17-14(18)13-7-4-8-15(13,2)3/h11-13,16H,4-10H2,1-3H3,(H,17,18). The second-order valence-electron chi connectivity index (χ2n) is 6.84. The number of piperidine rings is 1. The number of carbonyl (C=O) groups excluding carboxylic acids is 1. The van der Waals surface area contributed by atoms with Gasteiger partial charge in [0.25, 0.3) is 0 Å². The monoisotopic (exact) mass is 252 g/mol. The minimum Gasteiger partial charge on any atom is -0.353 e. The molecule has 0 spiro atoms. The third-order valence-electron chi connectivity index (χ3n) is 4.99. The molecule has 3 unspecified atom stereocenters. The predicted molar refractivity (Wildman–Crippen MR) is 74.3 cm³/mol. The summed E-state index contributed by atoms with van der Waals surface area (Å²) in [6.07, 6.45) is 5.92. The van der Waals surface area contributed by atoms with Crippen LogP contribution in [0.3, 0.4) is 0 Å². The molecule has 1 saturated heterocycles. The second kappa shape index (κ2) is 5.60. The molecular formula is C15H28N2O. The normalized spacial score (nSPS) is 33.1. The van der Waals surface area contributed by atoms with Crippen molar-refractivity contribution in [3.8, 4) is 0 Å². The van der Waals surface area contributed by atoms with Crippen LogP contribution < -0.4 is 10.6 Å². The van der Waals surface area contributed by atoms with E-state index in [9.17, 15) is 4.79 Å². The summed E-state index contributed by atoms with van der Waals surface area (Å²) >= 11 is 0. The van der Waals surface area contributed by atoms with E-state index < -0.39 is 0 Å². The van der Waals surface area contributed by atoms with E-state index in [-0.39, 0.29) is 17.2 Å². The molecule has 2 aliphatic rings. The molecule has 0 bridgehead atoms. The van der Waals surface area contributed by atoms with E-state index in [1.54, 1.807) is 0 Å². The summed E-state index contributed by atoms with van der Waals surface area (Å²) in [7, 11) is 0. The lowest BCUT2D eigenvalue weighted by Crippen LogP contribution is -2.47. The van der Waals surface area contributed by atoms with E-state index in [2.05, 4.69) is 31.4 Å². The number of rotatable bonds is 3. The van der Waals surface area contributed by atoms with Gasteiger partial charge in [-0.05, 0) is 57.0 Å². The Bertz CT molecular complexity index is 295. The molecule has 3 nitrogen and oxygen atoms in total. The molecule has 104 valence electrons. The van der Waals surface area contributed by atoms with Gasteiger partial charge in [-0.15, -0.1) is 0 Å². The van der Waals surface area contributed by atoms with Crippen LogP contribution in [0, 0.1) is 17.3 Å². The quantitative estimate of drug-likeness (QED) is 0.809. The molecule has 1 aliphatic heterocycles. The predicted octanol–water partition coefficient (Wildman–Crippen LogP) is 2.32. The van der Waals surface area contributed by atoms with Crippen LogP contribution >= 0.6 is 0 Å². The van der Waals surface area contributed by atoms with Crippen LogP contribution in [-0.2, 0) is 4.79 Å². The third-order valence-corrected chi connectivity index (χ3v) is 4.99. The molecule has 0 aromatic carbocycles. The first-order valence-electron chi connectivity index (χ1n) is 7.52.